The molecule has 1 saturated heterocycles. The number of hydrogen-bond donors (Lipinski definition) is 1. The van der Waals surface area contributed by atoms with E-state index in [0.717, 1.165) is 12.8 Å². The molecule has 3 aromatic rings. The van der Waals surface area contributed by atoms with Crippen molar-refractivity contribution < 1.29 is 27.9 Å². The van der Waals surface area contributed by atoms with Gasteiger partial charge in [-0.25, -0.2) is 13.2 Å². The van der Waals surface area contributed by atoms with Crippen molar-refractivity contribution in [3.05, 3.63) is 58.5 Å². The third-order valence-electron chi connectivity index (χ3n) is 10.00. The van der Waals surface area contributed by atoms with Crippen LogP contribution < -0.4 is 4.90 Å². The van der Waals surface area contributed by atoms with Gasteiger partial charge in [-0.15, -0.1) is 0 Å². The second-order valence-electron chi connectivity index (χ2n) is 12.6. The van der Waals surface area contributed by atoms with E-state index in [2.05, 4.69) is 5.10 Å². The van der Waals surface area contributed by atoms with Crippen molar-refractivity contribution in [3.63, 3.8) is 0 Å². The summed E-state index contributed by atoms with van der Waals surface area (Å²) in [6, 6.07) is 8.22. The number of carboxylic acids is 1. The zero-order valence-electron chi connectivity index (χ0n) is 21.8. The summed E-state index contributed by atoms with van der Waals surface area (Å²) in [7, 11) is 0. The maximum Gasteiger partial charge on any atom is 0.306 e. The van der Waals surface area contributed by atoms with Gasteiger partial charge in [0.2, 0.25) is 6.43 Å². The fourth-order valence-corrected chi connectivity index (χ4v) is 8.01. The SMILES string of the molecule is O=C(CC1CC2(C1)CC(C(=O)O)C2)c1ccc(Cl)c2cnn(Cc3ccc(N4CC5CC5(C(F)F)C4)c(F)c3)c12. The van der Waals surface area contributed by atoms with E-state index in [1.54, 1.807) is 40.0 Å². The first kappa shape index (κ1) is 25.9. The van der Waals surface area contributed by atoms with Gasteiger partial charge in [-0.05, 0) is 79.2 Å². The molecule has 4 fully saturated rings. The largest absolute Gasteiger partial charge is 0.481 e. The number of benzene rings is 2. The van der Waals surface area contributed by atoms with Gasteiger partial charge in [-0.1, -0.05) is 17.7 Å². The second-order valence-corrected chi connectivity index (χ2v) is 13.0. The van der Waals surface area contributed by atoms with Crippen LogP contribution in [0.2, 0.25) is 5.02 Å². The molecular formula is C30H29ClF3N3O3. The van der Waals surface area contributed by atoms with Crippen LogP contribution in [0.25, 0.3) is 10.9 Å². The van der Waals surface area contributed by atoms with E-state index in [9.17, 15) is 23.5 Å². The second kappa shape index (κ2) is 8.96. The minimum Gasteiger partial charge on any atom is -0.481 e. The van der Waals surface area contributed by atoms with Crippen LogP contribution in [0.3, 0.4) is 0 Å². The molecular weight excluding hydrogens is 543 g/mol. The highest BCUT2D eigenvalue weighted by Crippen LogP contribution is 2.63. The molecule has 40 heavy (non-hydrogen) atoms. The van der Waals surface area contributed by atoms with Crippen molar-refractivity contribution in [3.8, 4) is 0 Å². The van der Waals surface area contributed by atoms with Crippen LogP contribution in [0, 0.1) is 34.4 Å². The Bertz CT molecular complexity index is 1540. The van der Waals surface area contributed by atoms with E-state index in [-0.39, 0.29) is 42.0 Å². The molecule has 1 N–H and O–H groups in total. The maximum absolute atomic E-state index is 15.2. The van der Waals surface area contributed by atoms with Crippen molar-refractivity contribution in [1.82, 2.24) is 9.78 Å². The van der Waals surface area contributed by atoms with Gasteiger partial charge in [0.15, 0.2) is 5.78 Å². The minimum absolute atomic E-state index is 0.0144. The lowest BCUT2D eigenvalue weighted by atomic mass is 9.47. The van der Waals surface area contributed by atoms with Crippen LogP contribution in [-0.2, 0) is 11.3 Å². The van der Waals surface area contributed by atoms with Crippen molar-refractivity contribution in [2.45, 2.75) is 51.5 Å². The quantitative estimate of drug-likeness (QED) is 0.315. The van der Waals surface area contributed by atoms with E-state index in [1.165, 1.54) is 6.07 Å². The summed E-state index contributed by atoms with van der Waals surface area (Å²) in [4.78, 5) is 26.3. The van der Waals surface area contributed by atoms with Gasteiger partial charge in [0.25, 0.3) is 0 Å². The fraction of sp³-hybridized carbons (Fsp3) is 0.500. The molecule has 0 radical (unpaired) electrons. The molecule has 210 valence electrons. The predicted molar refractivity (Wildman–Crippen MR) is 143 cm³/mol. The molecule has 1 aliphatic heterocycles. The molecule has 2 unspecified atom stereocenters. The molecule has 3 saturated carbocycles. The molecule has 0 amide bonds. The molecule has 6 nitrogen and oxygen atoms in total. The average molecular weight is 572 g/mol. The first-order valence-corrected chi connectivity index (χ1v) is 14.2. The molecule has 2 atom stereocenters. The Balaban J connectivity index is 1.07. The number of fused-ring (bicyclic) bond motifs is 2. The molecule has 2 heterocycles. The number of hydrogen-bond acceptors (Lipinski definition) is 4. The number of Topliss-reactive ketones (excluding diaryl/α,β-unsaturated/α-hetero) is 1. The summed E-state index contributed by atoms with van der Waals surface area (Å²) in [5, 5.41) is 14.7. The summed E-state index contributed by atoms with van der Waals surface area (Å²) in [6.07, 6.45) is 3.25. The zero-order chi connectivity index (χ0) is 28.0. The summed E-state index contributed by atoms with van der Waals surface area (Å²) in [5.74, 6) is -1.32. The van der Waals surface area contributed by atoms with E-state index in [4.69, 9.17) is 11.6 Å². The Hall–Kier alpha value is -3.07. The molecule has 1 aromatic heterocycles. The highest BCUT2D eigenvalue weighted by atomic mass is 35.5. The average Bonchev–Trinajstić information content (AvgIpc) is 3.20. The Morgan fingerprint density at radius 3 is 2.58 bits per heavy atom. The lowest BCUT2D eigenvalue weighted by Gasteiger charge is -2.56. The summed E-state index contributed by atoms with van der Waals surface area (Å²) < 4.78 is 43.8. The Morgan fingerprint density at radius 1 is 1.12 bits per heavy atom. The van der Waals surface area contributed by atoms with E-state index in [1.807, 2.05) is 0 Å². The van der Waals surface area contributed by atoms with Gasteiger partial charge in [0.05, 0.1) is 40.3 Å². The van der Waals surface area contributed by atoms with Crippen molar-refractivity contribution in [2.24, 2.45) is 28.6 Å². The number of halogens is 4. The highest BCUT2D eigenvalue weighted by molar-refractivity contribution is 6.36. The third kappa shape index (κ3) is 4.03. The maximum atomic E-state index is 15.2. The molecule has 3 aliphatic carbocycles. The molecule has 4 aliphatic rings. The number of piperidine rings is 1. The first-order chi connectivity index (χ1) is 19.1. The van der Waals surface area contributed by atoms with Crippen LogP contribution in [0.4, 0.5) is 18.9 Å². The number of carbonyl (C=O) groups excluding carboxylic acids is 1. The van der Waals surface area contributed by atoms with Gasteiger partial charge in [0, 0.05) is 30.5 Å². The number of nitrogens with zero attached hydrogens (tertiary/aromatic N) is 3. The number of anilines is 1. The third-order valence-corrected chi connectivity index (χ3v) is 10.3. The van der Waals surface area contributed by atoms with Crippen LogP contribution in [0.1, 0.15) is 54.4 Å². The summed E-state index contributed by atoms with van der Waals surface area (Å²) >= 11 is 6.43. The lowest BCUT2D eigenvalue weighted by molar-refractivity contribution is -0.157. The Morgan fingerprint density at radius 2 is 1.90 bits per heavy atom. The number of rotatable bonds is 8. The zero-order valence-corrected chi connectivity index (χ0v) is 22.5. The van der Waals surface area contributed by atoms with Crippen LogP contribution in [0.5, 0.6) is 0 Å². The number of aromatic nitrogens is 2. The minimum atomic E-state index is -2.39. The highest BCUT2D eigenvalue weighted by Gasteiger charge is 2.65. The smallest absolute Gasteiger partial charge is 0.306 e. The number of ketones is 1. The van der Waals surface area contributed by atoms with Gasteiger partial charge in [0.1, 0.15) is 5.82 Å². The van der Waals surface area contributed by atoms with E-state index < -0.39 is 23.6 Å². The number of carboxylic acid groups (broad SMARTS) is 1. The number of alkyl halides is 2. The molecule has 10 heteroatoms. The van der Waals surface area contributed by atoms with Crippen LogP contribution in [-0.4, -0.2) is 46.2 Å². The van der Waals surface area contributed by atoms with Gasteiger partial charge in [-0.2, -0.15) is 5.10 Å². The van der Waals surface area contributed by atoms with Gasteiger partial charge in [-0.3, -0.25) is 14.3 Å². The van der Waals surface area contributed by atoms with Crippen molar-refractivity contribution in [1.29, 1.82) is 0 Å². The van der Waals surface area contributed by atoms with E-state index in [0.29, 0.717) is 65.0 Å². The molecule has 1 spiro atoms. The van der Waals surface area contributed by atoms with Gasteiger partial charge < -0.3 is 10.0 Å². The monoisotopic (exact) mass is 571 g/mol. The molecule has 0 bridgehead atoms. The van der Waals surface area contributed by atoms with Crippen molar-refractivity contribution in [2.75, 3.05) is 18.0 Å². The normalized spacial score (nSPS) is 30.4. The summed E-state index contributed by atoms with van der Waals surface area (Å²) in [5.41, 5.74) is 1.19. The topological polar surface area (TPSA) is 75.4 Å². The standard InChI is InChI=1S/C30H29ClF3N3O3/c31-22-3-2-20(25(38)6-17-7-29(8-17)9-18(10-29)27(39)40)26-21(22)12-35-37(26)13-16-1-4-24(23(32)5-16)36-14-19-11-30(19,15-36)28(33)34/h1-5,12,17-19,28H,6-11,13-15H2,(H,39,40). The predicted octanol–water partition coefficient (Wildman–Crippen LogP) is 6.43. The first-order valence-electron chi connectivity index (χ1n) is 13.8. The van der Waals surface area contributed by atoms with Crippen LogP contribution in [0.15, 0.2) is 36.5 Å². The Kier molecular flexibility index (Phi) is 5.80. The van der Waals surface area contributed by atoms with Crippen molar-refractivity contribution >= 4 is 39.9 Å². The molecule has 7 rings (SSSR count). The lowest BCUT2D eigenvalue weighted by Crippen LogP contribution is -2.50. The molecule has 2 aromatic carbocycles. The fourth-order valence-electron chi connectivity index (χ4n) is 7.81. The number of aliphatic carboxylic acids is 1. The van der Waals surface area contributed by atoms with Crippen LogP contribution >= 0.6 is 11.6 Å². The Labute approximate surface area is 234 Å². The van der Waals surface area contributed by atoms with Gasteiger partial charge >= 0.3 is 5.97 Å². The van der Waals surface area contributed by atoms with E-state index >= 15 is 4.39 Å². The summed E-state index contributed by atoms with van der Waals surface area (Å²) in [6.45, 7) is 0.826. The number of carbonyl (C=O) groups is 2.